The van der Waals surface area contributed by atoms with Gasteiger partial charge in [0.2, 0.25) is 0 Å². The minimum atomic E-state index is 0.670. The van der Waals surface area contributed by atoms with Crippen LogP contribution in [0.3, 0.4) is 0 Å². The third kappa shape index (κ3) is 4.15. The molecule has 4 nitrogen and oxygen atoms in total. The van der Waals surface area contributed by atoms with Gasteiger partial charge in [-0.1, -0.05) is 48.5 Å². The fourth-order valence-corrected chi connectivity index (χ4v) is 3.58. The van der Waals surface area contributed by atoms with E-state index in [9.17, 15) is 0 Å². The summed E-state index contributed by atoms with van der Waals surface area (Å²) < 4.78 is 6.36. The highest BCUT2D eigenvalue weighted by molar-refractivity contribution is 7.17. The number of anilines is 1. The Balaban J connectivity index is 1.59. The van der Waals surface area contributed by atoms with Crippen molar-refractivity contribution in [3.05, 3.63) is 83.0 Å². The van der Waals surface area contributed by atoms with Crippen LogP contribution in [0, 0.1) is 0 Å². The van der Waals surface area contributed by atoms with Gasteiger partial charge < -0.3 is 10.1 Å². The molecule has 1 N–H and O–H groups in total. The number of ether oxygens (including phenoxy) is 1. The Bertz CT molecular complexity index is 1070. The lowest BCUT2D eigenvalue weighted by Crippen LogP contribution is -2.03. The average Bonchev–Trinajstić information content (AvgIpc) is 3.20. The predicted molar refractivity (Wildman–Crippen MR) is 113 cm³/mol. The van der Waals surface area contributed by atoms with Gasteiger partial charge in [-0.3, -0.25) is 0 Å². The first-order valence-electron chi connectivity index (χ1n) is 8.67. The molecule has 0 aliphatic rings. The maximum absolute atomic E-state index is 5.30. The Morgan fingerprint density at radius 1 is 1.00 bits per heavy atom. The van der Waals surface area contributed by atoms with Crippen LogP contribution in [0.2, 0.25) is 0 Å². The van der Waals surface area contributed by atoms with E-state index in [1.54, 1.807) is 18.4 Å². The first kappa shape index (κ1) is 17.2. The van der Waals surface area contributed by atoms with Gasteiger partial charge in [-0.2, -0.15) is 0 Å². The highest BCUT2D eigenvalue weighted by Gasteiger charge is 2.08. The Morgan fingerprint density at radius 3 is 2.74 bits per heavy atom. The molecule has 0 spiro atoms. The van der Waals surface area contributed by atoms with E-state index in [1.165, 1.54) is 0 Å². The van der Waals surface area contributed by atoms with E-state index in [-0.39, 0.29) is 0 Å². The fourth-order valence-electron chi connectivity index (χ4n) is 2.78. The number of rotatable bonds is 6. The summed E-state index contributed by atoms with van der Waals surface area (Å²) in [5, 5.41) is 5.49. The molecule has 27 heavy (non-hydrogen) atoms. The first-order chi connectivity index (χ1) is 13.3. The molecule has 0 radical (unpaired) electrons. The smallest absolute Gasteiger partial charge is 0.155 e. The largest absolute Gasteiger partial charge is 0.497 e. The third-order valence-corrected chi connectivity index (χ3v) is 5.05. The van der Waals surface area contributed by atoms with Crippen molar-refractivity contribution in [1.82, 2.24) is 9.97 Å². The molecule has 4 aromatic rings. The minimum absolute atomic E-state index is 0.670. The second kappa shape index (κ2) is 8.01. The van der Waals surface area contributed by atoms with E-state index >= 15 is 0 Å². The van der Waals surface area contributed by atoms with Crippen LogP contribution < -0.4 is 10.1 Å². The van der Waals surface area contributed by atoms with Gasteiger partial charge in [0.05, 0.1) is 17.3 Å². The van der Waals surface area contributed by atoms with Crippen molar-refractivity contribution >= 4 is 39.5 Å². The van der Waals surface area contributed by atoms with E-state index in [0.717, 1.165) is 32.9 Å². The van der Waals surface area contributed by atoms with Crippen molar-refractivity contribution in [3.8, 4) is 5.75 Å². The standard InChI is InChI=1S/C22H19N3OS/c1-26-18-9-5-8-17(14-18)15-23-22-21-19(12-13-27-21)24-20(25-22)11-10-16-6-3-2-4-7-16/h2-14H,15H2,1H3,(H,23,24,25)/b11-10+. The van der Waals surface area contributed by atoms with Crippen molar-refractivity contribution in [1.29, 1.82) is 0 Å². The Labute approximate surface area is 162 Å². The molecule has 134 valence electrons. The van der Waals surface area contributed by atoms with Gasteiger partial charge in [0.1, 0.15) is 11.6 Å². The highest BCUT2D eigenvalue weighted by atomic mass is 32.1. The van der Waals surface area contributed by atoms with Crippen molar-refractivity contribution in [2.45, 2.75) is 6.54 Å². The number of hydrogen-bond donors (Lipinski definition) is 1. The summed E-state index contributed by atoms with van der Waals surface area (Å²) in [5.74, 6) is 2.40. The molecule has 0 amide bonds. The quantitative estimate of drug-likeness (QED) is 0.486. The SMILES string of the molecule is COc1cccc(CNc2nc(/C=C/c3ccccc3)nc3ccsc23)c1. The second-order valence-electron chi connectivity index (χ2n) is 6.01. The van der Waals surface area contributed by atoms with Gasteiger partial charge >= 0.3 is 0 Å². The molecule has 0 unspecified atom stereocenters. The number of benzene rings is 2. The lowest BCUT2D eigenvalue weighted by molar-refractivity contribution is 0.414. The molecule has 0 atom stereocenters. The molecule has 0 aliphatic carbocycles. The summed E-state index contributed by atoms with van der Waals surface area (Å²) in [7, 11) is 1.68. The van der Waals surface area contributed by atoms with Crippen LogP contribution in [-0.2, 0) is 6.54 Å². The van der Waals surface area contributed by atoms with Crippen LogP contribution in [0.15, 0.2) is 66.0 Å². The van der Waals surface area contributed by atoms with Crippen molar-refractivity contribution < 1.29 is 4.74 Å². The van der Waals surface area contributed by atoms with Crippen LogP contribution in [0.5, 0.6) is 5.75 Å². The molecule has 0 fully saturated rings. The number of fused-ring (bicyclic) bond motifs is 1. The highest BCUT2D eigenvalue weighted by Crippen LogP contribution is 2.27. The lowest BCUT2D eigenvalue weighted by atomic mass is 10.2. The Kier molecular flexibility index (Phi) is 5.12. The van der Waals surface area contributed by atoms with Gasteiger partial charge in [-0.15, -0.1) is 11.3 Å². The number of hydrogen-bond acceptors (Lipinski definition) is 5. The molecule has 2 aromatic heterocycles. The summed E-state index contributed by atoms with van der Waals surface area (Å²) >= 11 is 1.64. The zero-order chi connectivity index (χ0) is 18.5. The van der Waals surface area contributed by atoms with E-state index in [4.69, 9.17) is 9.72 Å². The molecule has 5 heteroatoms. The number of aromatic nitrogens is 2. The fraction of sp³-hybridized carbons (Fsp3) is 0.0909. The third-order valence-electron chi connectivity index (χ3n) is 4.14. The van der Waals surface area contributed by atoms with Crippen LogP contribution in [0.1, 0.15) is 17.0 Å². The molecular weight excluding hydrogens is 354 g/mol. The lowest BCUT2D eigenvalue weighted by Gasteiger charge is -2.09. The van der Waals surface area contributed by atoms with E-state index in [1.807, 2.05) is 60.0 Å². The Hall–Kier alpha value is -3.18. The number of nitrogens with zero attached hydrogens (tertiary/aromatic N) is 2. The van der Waals surface area contributed by atoms with Crippen LogP contribution in [0.25, 0.3) is 22.4 Å². The molecule has 2 aromatic carbocycles. The van der Waals surface area contributed by atoms with E-state index < -0.39 is 0 Å². The van der Waals surface area contributed by atoms with Crippen LogP contribution in [0.4, 0.5) is 5.82 Å². The van der Waals surface area contributed by atoms with Gasteiger partial charge in [-0.05, 0) is 40.8 Å². The summed E-state index contributed by atoms with van der Waals surface area (Å²) in [4.78, 5) is 9.36. The van der Waals surface area contributed by atoms with Crippen molar-refractivity contribution in [2.24, 2.45) is 0 Å². The summed E-state index contributed by atoms with van der Waals surface area (Å²) in [6.45, 7) is 0.670. The predicted octanol–water partition coefficient (Wildman–Crippen LogP) is 5.48. The zero-order valence-electron chi connectivity index (χ0n) is 14.9. The summed E-state index contributed by atoms with van der Waals surface area (Å²) in [5.41, 5.74) is 3.22. The monoisotopic (exact) mass is 373 g/mol. The maximum atomic E-state index is 5.30. The topological polar surface area (TPSA) is 47.0 Å². The Morgan fingerprint density at radius 2 is 1.89 bits per heavy atom. The maximum Gasteiger partial charge on any atom is 0.155 e. The second-order valence-corrected chi connectivity index (χ2v) is 6.93. The van der Waals surface area contributed by atoms with Gasteiger partial charge in [0.25, 0.3) is 0 Å². The first-order valence-corrected chi connectivity index (χ1v) is 9.55. The molecule has 0 saturated carbocycles. The number of nitrogens with one attached hydrogen (secondary N) is 1. The van der Waals surface area contributed by atoms with Gasteiger partial charge in [0, 0.05) is 6.54 Å². The van der Waals surface area contributed by atoms with Gasteiger partial charge in [0.15, 0.2) is 5.82 Å². The van der Waals surface area contributed by atoms with E-state index in [0.29, 0.717) is 12.4 Å². The van der Waals surface area contributed by atoms with Crippen LogP contribution in [-0.4, -0.2) is 17.1 Å². The summed E-state index contributed by atoms with van der Waals surface area (Å²) in [6, 6.07) is 20.2. The van der Waals surface area contributed by atoms with Crippen LogP contribution >= 0.6 is 11.3 Å². The normalized spacial score (nSPS) is 11.1. The number of methoxy groups -OCH3 is 1. The van der Waals surface area contributed by atoms with Gasteiger partial charge in [-0.25, -0.2) is 9.97 Å². The summed E-state index contributed by atoms with van der Waals surface area (Å²) in [6.07, 6.45) is 3.97. The number of thiophene rings is 1. The molecule has 4 rings (SSSR count). The molecule has 0 aliphatic heterocycles. The molecule has 0 saturated heterocycles. The van der Waals surface area contributed by atoms with Crippen molar-refractivity contribution in [3.63, 3.8) is 0 Å². The zero-order valence-corrected chi connectivity index (χ0v) is 15.7. The van der Waals surface area contributed by atoms with Crippen molar-refractivity contribution in [2.75, 3.05) is 12.4 Å². The van der Waals surface area contributed by atoms with E-state index in [2.05, 4.69) is 28.5 Å². The molecule has 0 bridgehead atoms. The molecular formula is C22H19N3OS. The minimum Gasteiger partial charge on any atom is -0.497 e. The average molecular weight is 373 g/mol. The molecule has 2 heterocycles.